The van der Waals surface area contributed by atoms with Gasteiger partial charge in [-0.25, -0.2) is 4.63 Å². The van der Waals surface area contributed by atoms with Crippen molar-refractivity contribution in [2.45, 2.75) is 6.54 Å². The first kappa shape index (κ1) is 10.8. The number of nitrogens with two attached hydrogens (primary N) is 1. The highest BCUT2D eigenvalue weighted by molar-refractivity contribution is 5.95. The molecule has 0 saturated carbocycles. The van der Waals surface area contributed by atoms with E-state index in [0.717, 1.165) is 13.1 Å². The van der Waals surface area contributed by atoms with Crippen molar-refractivity contribution in [3.8, 4) is 0 Å². The zero-order chi connectivity index (χ0) is 11.4. The van der Waals surface area contributed by atoms with Crippen molar-refractivity contribution < 1.29 is 14.6 Å². The van der Waals surface area contributed by atoms with Gasteiger partial charge < -0.3 is 15.7 Å². The van der Waals surface area contributed by atoms with Gasteiger partial charge >= 0.3 is 0 Å². The van der Waals surface area contributed by atoms with E-state index in [1.54, 1.807) is 0 Å². The average molecular weight is 227 g/mol. The lowest BCUT2D eigenvalue weighted by Crippen LogP contribution is -2.36. The van der Waals surface area contributed by atoms with Crippen molar-refractivity contribution in [2.24, 2.45) is 10.9 Å². The van der Waals surface area contributed by atoms with Crippen LogP contribution >= 0.6 is 0 Å². The van der Waals surface area contributed by atoms with Crippen LogP contribution in [0.2, 0.25) is 0 Å². The van der Waals surface area contributed by atoms with Crippen molar-refractivity contribution in [2.75, 3.05) is 26.3 Å². The average Bonchev–Trinajstić information content (AvgIpc) is 2.77. The predicted molar refractivity (Wildman–Crippen MR) is 52.9 cm³/mol. The van der Waals surface area contributed by atoms with Crippen LogP contribution in [0.25, 0.3) is 0 Å². The van der Waals surface area contributed by atoms with Gasteiger partial charge in [0, 0.05) is 19.6 Å². The maximum atomic E-state index is 8.56. The molecule has 0 bridgehead atoms. The number of hydrogen-bond acceptors (Lipinski definition) is 7. The summed E-state index contributed by atoms with van der Waals surface area (Å²) in [6.45, 7) is 3.59. The molecule has 2 rings (SSSR count). The molecule has 0 atom stereocenters. The third kappa shape index (κ3) is 2.28. The first-order valence-electron chi connectivity index (χ1n) is 4.90. The van der Waals surface area contributed by atoms with Crippen LogP contribution in [-0.2, 0) is 11.3 Å². The molecule has 2 heterocycles. The summed E-state index contributed by atoms with van der Waals surface area (Å²) in [4.78, 5) is 2.14. The molecule has 1 aliphatic rings. The molecule has 1 aromatic rings. The molecule has 88 valence electrons. The molecule has 1 aliphatic heterocycles. The second-order valence-corrected chi connectivity index (χ2v) is 3.43. The van der Waals surface area contributed by atoms with Crippen molar-refractivity contribution in [1.82, 2.24) is 15.2 Å². The molecule has 1 saturated heterocycles. The summed E-state index contributed by atoms with van der Waals surface area (Å²) in [7, 11) is 0. The van der Waals surface area contributed by atoms with Gasteiger partial charge in [-0.2, -0.15) is 0 Å². The van der Waals surface area contributed by atoms with E-state index in [2.05, 4.69) is 25.0 Å². The number of aromatic nitrogens is 2. The monoisotopic (exact) mass is 227 g/mol. The Labute approximate surface area is 91.6 Å². The topological polar surface area (TPSA) is 110 Å². The summed E-state index contributed by atoms with van der Waals surface area (Å²) in [5.74, 6) is -0.0930. The Kier molecular flexibility index (Phi) is 3.32. The summed E-state index contributed by atoms with van der Waals surface area (Å²) in [5.41, 5.74) is 6.29. The van der Waals surface area contributed by atoms with Crippen LogP contribution in [0.3, 0.4) is 0 Å². The summed E-state index contributed by atoms with van der Waals surface area (Å²) in [6, 6.07) is 0. The van der Waals surface area contributed by atoms with E-state index in [1.807, 2.05) is 0 Å². The molecule has 0 radical (unpaired) electrons. The van der Waals surface area contributed by atoms with E-state index in [-0.39, 0.29) is 11.5 Å². The van der Waals surface area contributed by atoms with E-state index in [1.165, 1.54) is 0 Å². The lowest BCUT2D eigenvalue weighted by atomic mass is 10.2. The first-order valence-corrected chi connectivity index (χ1v) is 4.90. The summed E-state index contributed by atoms with van der Waals surface area (Å²) >= 11 is 0. The Morgan fingerprint density at radius 3 is 2.88 bits per heavy atom. The Balaban J connectivity index is 2.06. The van der Waals surface area contributed by atoms with Crippen LogP contribution in [0.15, 0.2) is 9.78 Å². The standard InChI is InChI=1S/C8H13N5O3/c9-8(10-14)7-6(11-16-12-7)5-13-1-3-15-4-2-13/h14H,1-5H2,(H2,9,10). The first-order chi connectivity index (χ1) is 7.81. The van der Waals surface area contributed by atoms with E-state index in [9.17, 15) is 0 Å². The van der Waals surface area contributed by atoms with Gasteiger partial charge in [0.1, 0.15) is 5.69 Å². The Bertz CT molecular complexity index is 372. The number of ether oxygens (including phenoxy) is 1. The molecule has 1 fully saturated rings. The lowest BCUT2D eigenvalue weighted by Gasteiger charge is -2.25. The van der Waals surface area contributed by atoms with Crippen LogP contribution in [0.4, 0.5) is 0 Å². The minimum Gasteiger partial charge on any atom is -0.409 e. The molecule has 8 heteroatoms. The molecular formula is C8H13N5O3. The van der Waals surface area contributed by atoms with Crippen molar-refractivity contribution in [1.29, 1.82) is 0 Å². The normalized spacial score (nSPS) is 18.9. The van der Waals surface area contributed by atoms with Gasteiger partial charge in [-0.1, -0.05) is 10.3 Å². The number of amidine groups is 1. The highest BCUT2D eigenvalue weighted by Crippen LogP contribution is 2.08. The van der Waals surface area contributed by atoms with Gasteiger partial charge in [0.05, 0.1) is 13.2 Å². The fourth-order valence-corrected chi connectivity index (χ4v) is 1.52. The van der Waals surface area contributed by atoms with Crippen LogP contribution < -0.4 is 5.73 Å². The second kappa shape index (κ2) is 4.90. The van der Waals surface area contributed by atoms with Gasteiger partial charge in [-0.3, -0.25) is 4.90 Å². The number of nitrogens with zero attached hydrogens (tertiary/aromatic N) is 4. The molecule has 1 aromatic heterocycles. The quantitative estimate of drug-likeness (QED) is 0.295. The molecule has 0 spiro atoms. The molecular weight excluding hydrogens is 214 g/mol. The Morgan fingerprint density at radius 2 is 2.19 bits per heavy atom. The zero-order valence-electron chi connectivity index (χ0n) is 8.67. The third-order valence-corrected chi connectivity index (χ3v) is 2.38. The van der Waals surface area contributed by atoms with Gasteiger partial charge in [0.15, 0.2) is 11.5 Å². The van der Waals surface area contributed by atoms with Gasteiger partial charge in [0.25, 0.3) is 0 Å². The smallest absolute Gasteiger partial charge is 0.194 e. The SMILES string of the molecule is NC(=NO)c1nonc1CN1CCOCC1. The number of rotatable bonds is 3. The molecule has 0 aromatic carbocycles. The largest absolute Gasteiger partial charge is 0.409 e. The summed E-state index contributed by atoms with van der Waals surface area (Å²) < 4.78 is 9.81. The Morgan fingerprint density at radius 1 is 1.44 bits per heavy atom. The van der Waals surface area contributed by atoms with Crippen molar-refractivity contribution >= 4 is 5.84 Å². The number of oxime groups is 1. The molecule has 0 unspecified atom stereocenters. The van der Waals surface area contributed by atoms with E-state index < -0.39 is 0 Å². The summed E-state index contributed by atoms with van der Waals surface area (Å²) in [5, 5.41) is 18.8. The molecule has 16 heavy (non-hydrogen) atoms. The van der Waals surface area contributed by atoms with Gasteiger partial charge in [-0.15, -0.1) is 0 Å². The maximum Gasteiger partial charge on any atom is 0.194 e. The summed E-state index contributed by atoms with van der Waals surface area (Å²) in [6.07, 6.45) is 0. The van der Waals surface area contributed by atoms with E-state index in [4.69, 9.17) is 15.7 Å². The third-order valence-electron chi connectivity index (χ3n) is 2.38. The van der Waals surface area contributed by atoms with Crippen LogP contribution in [-0.4, -0.2) is 52.6 Å². The van der Waals surface area contributed by atoms with Crippen LogP contribution in [0.5, 0.6) is 0 Å². The maximum absolute atomic E-state index is 8.56. The van der Waals surface area contributed by atoms with Gasteiger partial charge in [0.2, 0.25) is 0 Å². The zero-order valence-corrected chi connectivity index (χ0v) is 8.67. The van der Waals surface area contributed by atoms with E-state index in [0.29, 0.717) is 25.5 Å². The van der Waals surface area contributed by atoms with E-state index >= 15 is 0 Å². The van der Waals surface area contributed by atoms with Crippen molar-refractivity contribution in [3.05, 3.63) is 11.4 Å². The molecule has 3 N–H and O–H groups in total. The van der Waals surface area contributed by atoms with Crippen LogP contribution in [0, 0.1) is 0 Å². The lowest BCUT2D eigenvalue weighted by molar-refractivity contribution is 0.0332. The number of hydrogen-bond donors (Lipinski definition) is 2. The minimum absolute atomic E-state index is 0.0930. The molecule has 0 amide bonds. The predicted octanol–water partition coefficient (Wildman–Crippen LogP) is -1.00. The number of morpholine rings is 1. The Hall–Kier alpha value is -1.67. The fraction of sp³-hybridized carbons (Fsp3) is 0.625. The fourth-order valence-electron chi connectivity index (χ4n) is 1.52. The highest BCUT2D eigenvalue weighted by Gasteiger charge is 2.19. The minimum atomic E-state index is -0.0930. The van der Waals surface area contributed by atoms with Crippen LogP contribution in [0.1, 0.15) is 11.4 Å². The highest BCUT2D eigenvalue weighted by atomic mass is 16.6. The molecule has 8 nitrogen and oxygen atoms in total. The van der Waals surface area contributed by atoms with Crippen molar-refractivity contribution in [3.63, 3.8) is 0 Å². The second-order valence-electron chi connectivity index (χ2n) is 3.43. The van der Waals surface area contributed by atoms with Gasteiger partial charge in [-0.05, 0) is 5.16 Å². The molecule has 0 aliphatic carbocycles.